The van der Waals surface area contributed by atoms with Gasteiger partial charge in [0.15, 0.2) is 0 Å². The Bertz CT molecular complexity index is 1260. The molecule has 3 aromatic rings. The predicted octanol–water partition coefficient (Wildman–Crippen LogP) is 3.50. The number of rotatable bonds is 7. The first-order chi connectivity index (χ1) is 16.8. The van der Waals surface area contributed by atoms with Crippen molar-refractivity contribution in [1.29, 1.82) is 0 Å². The van der Waals surface area contributed by atoms with Crippen LogP contribution >= 0.6 is 0 Å². The Hall–Kier alpha value is -3.55. The van der Waals surface area contributed by atoms with Crippen LogP contribution in [0.2, 0.25) is 0 Å². The molecule has 8 nitrogen and oxygen atoms in total. The van der Waals surface area contributed by atoms with Crippen molar-refractivity contribution in [2.24, 2.45) is 23.2 Å². The monoisotopic (exact) mass is 472 g/mol. The Labute approximate surface area is 205 Å². The van der Waals surface area contributed by atoms with E-state index in [0.29, 0.717) is 41.0 Å². The summed E-state index contributed by atoms with van der Waals surface area (Å²) in [6.07, 6.45) is 10.8. The molecular weight excluding hydrogens is 440 g/mol. The van der Waals surface area contributed by atoms with Gasteiger partial charge in [-0.1, -0.05) is 20.8 Å². The number of nitrogens with one attached hydrogen (secondary N) is 2. The SMILES string of the molecule is C[C@H]1C(Nc2cnn(CC(=O)NCc3ccncc3)c(=O)c2-c2ccncc2)C[C@@H]2C[C@H]1C2(C)C. The lowest BCUT2D eigenvalue weighted by atomic mass is 9.45. The number of pyridine rings is 2. The molecule has 35 heavy (non-hydrogen) atoms. The van der Waals surface area contributed by atoms with E-state index in [1.54, 1.807) is 31.0 Å². The zero-order valence-corrected chi connectivity index (χ0v) is 20.4. The smallest absolute Gasteiger partial charge is 0.277 e. The molecule has 3 aliphatic rings. The predicted molar refractivity (Wildman–Crippen MR) is 134 cm³/mol. The fraction of sp³-hybridized carbons (Fsp3) is 0.444. The second kappa shape index (κ2) is 9.24. The van der Waals surface area contributed by atoms with Gasteiger partial charge in [-0.15, -0.1) is 0 Å². The third-order valence-electron chi connectivity index (χ3n) is 8.24. The molecule has 3 heterocycles. The zero-order chi connectivity index (χ0) is 24.6. The second-order valence-electron chi connectivity index (χ2n) is 10.5. The summed E-state index contributed by atoms with van der Waals surface area (Å²) in [5, 5.41) is 10.9. The lowest BCUT2D eigenvalue weighted by Gasteiger charge is -2.62. The van der Waals surface area contributed by atoms with E-state index < -0.39 is 0 Å². The van der Waals surface area contributed by atoms with Crippen molar-refractivity contribution in [3.63, 3.8) is 0 Å². The fourth-order valence-corrected chi connectivity index (χ4v) is 5.94. The van der Waals surface area contributed by atoms with Crippen LogP contribution in [-0.4, -0.2) is 31.7 Å². The summed E-state index contributed by atoms with van der Waals surface area (Å²) in [5.74, 6) is 1.60. The van der Waals surface area contributed by atoms with Crippen molar-refractivity contribution in [2.75, 3.05) is 5.32 Å². The summed E-state index contributed by atoms with van der Waals surface area (Å²) in [4.78, 5) is 34.2. The molecule has 2 bridgehead atoms. The summed E-state index contributed by atoms with van der Waals surface area (Å²) in [6, 6.07) is 7.60. The minimum atomic E-state index is -0.297. The zero-order valence-electron chi connectivity index (χ0n) is 20.4. The van der Waals surface area contributed by atoms with Gasteiger partial charge >= 0.3 is 0 Å². The summed E-state index contributed by atoms with van der Waals surface area (Å²) in [6.45, 7) is 7.28. The van der Waals surface area contributed by atoms with Crippen molar-refractivity contribution in [3.05, 3.63) is 71.2 Å². The maximum absolute atomic E-state index is 13.6. The van der Waals surface area contributed by atoms with Crippen molar-refractivity contribution >= 4 is 11.6 Å². The van der Waals surface area contributed by atoms with E-state index in [1.807, 2.05) is 24.3 Å². The summed E-state index contributed by atoms with van der Waals surface area (Å²) >= 11 is 0. The van der Waals surface area contributed by atoms with Crippen molar-refractivity contribution < 1.29 is 4.79 Å². The van der Waals surface area contributed by atoms with Gasteiger partial charge in [0.2, 0.25) is 5.91 Å². The Morgan fingerprint density at radius 2 is 1.77 bits per heavy atom. The maximum atomic E-state index is 13.6. The molecule has 0 aromatic carbocycles. The van der Waals surface area contributed by atoms with Gasteiger partial charge in [-0.3, -0.25) is 19.6 Å². The van der Waals surface area contributed by atoms with Crippen LogP contribution in [0.15, 0.2) is 60.0 Å². The van der Waals surface area contributed by atoms with Gasteiger partial charge < -0.3 is 10.6 Å². The molecule has 3 aromatic heterocycles. The van der Waals surface area contributed by atoms with Gasteiger partial charge in [0.05, 0.1) is 17.4 Å². The minimum absolute atomic E-state index is 0.152. The number of fused-ring (bicyclic) bond motifs is 2. The average Bonchev–Trinajstić information content (AvgIpc) is 2.86. The number of carbonyl (C=O) groups excluding carboxylic acids is 1. The average molecular weight is 473 g/mol. The first kappa shape index (κ1) is 23.2. The largest absolute Gasteiger partial charge is 0.380 e. The minimum Gasteiger partial charge on any atom is -0.380 e. The number of hydrogen-bond acceptors (Lipinski definition) is 6. The van der Waals surface area contributed by atoms with Crippen LogP contribution in [0.3, 0.4) is 0 Å². The lowest BCUT2D eigenvalue weighted by molar-refractivity contribution is -0.122. The van der Waals surface area contributed by atoms with Gasteiger partial charge in [-0.25, -0.2) is 4.68 Å². The van der Waals surface area contributed by atoms with Crippen molar-refractivity contribution in [1.82, 2.24) is 25.1 Å². The Balaban J connectivity index is 1.38. The highest BCUT2D eigenvalue weighted by atomic mass is 16.2. The molecule has 182 valence electrons. The molecule has 0 aliphatic heterocycles. The maximum Gasteiger partial charge on any atom is 0.277 e. The van der Waals surface area contributed by atoms with Gasteiger partial charge in [-0.2, -0.15) is 5.10 Å². The van der Waals surface area contributed by atoms with E-state index in [9.17, 15) is 9.59 Å². The molecule has 3 fully saturated rings. The normalized spacial score (nSPS) is 24.3. The van der Waals surface area contributed by atoms with Gasteiger partial charge in [-0.05, 0) is 71.4 Å². The molecule has 3 saturated carbocycles. The van der Waals surface area contributed by atoms with Gasteiger partial charge in [0.1, 0.15) is 6.54 Å². The molecule has 6 rings (SSSR count). The van der Waals surface area contributed by atoms with Crippen LogP contribution in [0.4, 0.5) is 5.69 Å². The fourth-order valence-electron chi connectivity index (χ4n) is 5.94. The standard InChI is InChI=1S/C27H32N6O2/c1-17-21-12-20(27(21,2)3)13-22(17)32-23-15-31-33(26(35)25(23)19-6-10-29-11-7-19)16-24(34)30-14-18-4-8-28-9-5-18/h4-11,15,17,20-22,32H,12-14,16H2,1-3H3,(H,30,34)/t17-,20+,21-,22?/m1/s1. The number of aromatic nitrogens is 4. The third kappa shape index (κ3) is 4.45. The van der Waals surface area contributed by atoms with Crippen LogP contribution in [0.1, 0.15) is 39.2 Å². The molecule has 1 amide bonds. The number of amides is 1. The number of nitrogens with zero attached hydrogens (tertiary/aromatic N) is 4. The van der Waals surface area contributed by atoms with Gasteiger partial charge in [0.25, 0.3) is 5.56 Å². The molecular formula is C27H32N6O2. The van der Waals surface area contributed by atoms with E-state index >= 15 is 0 Å². The third-order valence-corrected chi connectivity index (χ3v) is 8.24. The van der Waals surface area contributed by atoms with E-state index in [4.69, 9.17) is 0 Å². The molecule has 0 radical (unpaired) electrons. The Kier molecular flexibility index (Phi) is 6.13. The van der Waals surface area contributed by atoms with Crippen molar-refractivity contribution in [3.8, 4) is 11.1 Å². The van der Waals surface area contributed by atoms with Crippen LogP contribution in [0.5, 0.6) is 0 Å². The van der Waals surface area contributed by atoms with E-state index in [1.165, 1.54) is 11.1 Å². The molecule has 4 atom stereocenters. The molecule has 2 N–H and O–H groups in total. The summed E-state index contributed by atoms with van der Waals surface area (Å²) in [7, 11) is 0. The highest BCUT2D eigenvalue weighted by Gasteiger charge is 2.56. The van der Waals surface area contributed by atoms with Crippen LogP contribution in [0.25, 0.3) is 11.1 Å². The summed E-state index contributed by atoms with van der Waals surface area (Å²) < 4.78 is 1.23. The Morgan fingerprint density at radius 3 is 2.43 bits per heavy atom. The van der Waals surface area contributed by atoms with Crippen LogP contribution in [0, 0.1) is 23.2 Å². The van der Waals surface area contributed by atoms with E-state index in [-0.39, 0.29) is 24.1 Å². The Morgan fingerprint density at radius 1 is 1.09 bits per heavy atom. The number of anilines is 1. The highest BCUT2D eigenvalue weighted by molar-refractivity contribution is 5.78. The van der Waals surface area contributed by atoms with Crippen LogP contribution < -0.4 is 16.2 Å². The van der Waals surface area contributed by atoms with Gasteiger partial charge in [0, 0.05) is 37.4 Å². The van der Waals surface area contributed by atoms with Crippen LogP contribution in [-0.2, 0) is 17.9 Å². The molecule has 3 aliphatic carbocycles. The summed E-state index contributed by atoms with van der Waals surface area (Å²) in [5.41, 5.74) is 3.02. The highest BCUT2D eigenvalue weighted by Crippen LogP contribution is 2.61. The molecule has 8 heteroatoms. The van der Waals surface area contributed by atoms with E-state index in [2.05, 4.69) is 46.5 Å². The molecule has 0 spiro atoms. The molecule has 1 unspecified atom stereocenters. The van der Waals surface area contributed by atoms with E-state index in [0.717, 1.165) is 17.5 Å². The second-order valence-corrected chi connectivity index (χ2v) is 10.5. The first-order valence-corrected chi connectivity index (χ1v) is 12.3. The topological polar surface area (TPSA) is 102 Å². The molecule has 0 saturated heterocycles. The quantitative estimate of drug-likeness (QED) is 0.546. The lowest BCUT2D eigenvalue weighted by Crippen LogP contribution is -2.58. The number of carbonyl (C=O) groups is 1. The first-order valence-electron chi connectivity index (χ1n) is 12.3. The van der Waals surface area contributed by atoms with Crippen molar-refractivity contribution in [2.45, 2.75) is 52.7 Å². The number of hydrogen-bond donors (Lipinski definition) is 2.